The summed E-state index contributed by atoms with van der Waals surface area (Å²) in [7, 11) is 0. The first kappa shape index (κ1) is 12.5. The molecule has 0 bridgehead atoms. The summed E-state index contributed by atoms with van der Waals surface area (Å²) < 4.78 is 0. The van der Waals surface area contributed by atoms with Gasteiger partial charge >= 0.3 is 0 Å². The van der Waals surface area contributed by atoms with E-state index in [-0.39, 0.29) is 11.9 Å². The smallest absolute Gasteiger partial charge is 0.243 e. The molecule has 1 fully saturated rings. The second kappa shape index (κ2) is 5.24. The van der Waals surface area contributed by atoms with Crippen molar-refractivity contribution in [2.24, 2.45) is 5.92 Å². The third-order valence-corrected chi connectivity index (χ3v) is 4.56. The van der Waals surface area contributed by atoms with E-state index in [0.717, 1.165) is 12.1 Å². The van der Waals surface area contributed by atoms with Crippen LogP contribution in [0.4, 0.5) is 5.69 Å². The van der Waals surface area contributed by atoms with Crippen LogP contribution in [0, 0.1) is 5.92 Å². The molecule has 102 valence electrons. The van der Waals surface area contributed by atoms with Crippen LogP contribution in [0.1, 0.15) is 38.2 Å². The Balaban J connectivity index is 1.57. The number of hydrogen-bond donors (Lipinski definition) is 2. The van der Waals surface area contributed by atoms with Crippen LogP contribution in [0.2, 0.25) is 0 Å². The zero-order valence-electron chi connectivity index (χ0n) is 11.5. The Morgan fingerprint density at radius 3 is 2.79 bits per heavy atom. The van der Waals surface area contributed by atoms with Gasteiger partial charge in [-0.15, -0.1) is 0 Å². The number of nitrogens with one attached hydrogen (secondary N) is 2. The van der Waals surface area contributed by atoms with Gasteiger partial charge in [0.1, 0.15) is 6.04 Å². The van der Waals surface area contributed by atoms with Gasteiger partial charge in [0.05, 0.1) is 0 Å². The van der Waals surface area contributed by atoms with Crippen LogP contribution in [0.3, 0.4) is 0 Å². The molecule has 0 saturated heterocycles. The van der Waals surface area contributed by atoms with E-state index in [0.29, 0.717) is 12.0 Å². The van der Waals surface area contributed by atoms with Crippen LogP contribution in [0.15, 0.2) is 24.3 Å². The number of amides is 1. The highest BCUT2D eigenvalue weighted by Crippen LogP contribution is 2.28. The molecule has 1 saturated carbocycles. The van der Waals surface area contributed by atoms with Crippen LogP contribution in [-0.2, 0) is 11.2 Å². The largest absolute Gasteiger partial charge is 0.373 e. The molecular weight excluding hydrogens is 236 g/mol. The van der Waals surface area contributed by atoms with Crippen molar-refractivity contribution < 1.29 is 4.79 Å². The lowest BCUT2D eigenvalue weighted by molar-refractivity contribution is -0.122. The molecule has 0 radical (unpaired) electrons. The first-order valence-corrected chi connectivity index (χ1v) is 7.39. The fourth-order valence-corrected chi connectivity index (χ4v) is 3.36. The minimum absolute atomic E-state index is 0.0961. The summed E-state index contributed by atoms with van der Waals surface area (Å²) in [5.41, 5.74) is 2.35. The molecule has 1 heterocycles. The first-order chi connectivity index (χ1) is 9.24. The van der Waals surface area contributed by atoms with Gasteiger partial charge in [0.25, 0.3) is 0 Å². The Morgan fingerprint density at radius 1 is 1.32 bits per heavy atom. The molecule has 0 unspecified atom stereocenters. The summed E-state index contributed by atoms with van der Waals surface area (Å²) in [6.45, 7) is 2.15. The second-order valence-corrected chi connectivity index (χ2v) is 5.90. The number of fused-ring (bicyclic) bond motifs is 1. The average Bonchev–Trinajstić information content (AvgIpc) is 3.07. The standard InChI is InChI=1S/C16H22N2O/c1-11(12-6-2-3-7-12)17-16(19)15-10-13-8-4-5-9-14(13)18-15/h4-5,8-9,11-12,15,18H,2-3,6-7,10H2,1H3,(H,17,19)/t11-,15-/m0/s1. The third-order valence-electron chi connectivity index (χ3n) is 4.56. The van der Waals surface area contributed by atoms with E-state index in [9.17, 15) is 4.79 Å². The van der Waals surface area contributed by atoms with E-state index in [1.807, 2.05) is 18.2 Å². The summed E-state index contributed by atoms with van der Waals surface area (Å²) in [6.07, 6.45) is 5.97. The van der Waals surface area contributed by atoms with E-state index >= 15 is 0 Å². The minimum atomic E-state index is -0.0961. The summed E-state index contributed by atoms with van der Waals surface area (Å²) in [5, 5.41) is 6.52. The van der Waals surface area contributed by atoms with Crippen LogP contribution < -0.4 is 10.6 Å². The number of rotatable bonds is 3. The lowest BCUT2D eigenvalue weighted by Gasteiger charge is -2.22. The summed E-state index contributed by atoms with van der Waals surface area (Å²) in [6, 6.07) is 8.38. The van der Waals surface area contributed by atoms with Gasteiger partial charge in [-0.1, -0.05) is 31.0 Å². The molecule has 0 aromatic heterocycles. The maximum atomic E-state index is 12.3. The predicted molar refractivity (Wildman–Crippen MR) is 77.1 cm³/mol. The van der Waals surface area contributed by atoms with Crippen molar-refractivity contribution in [3.63, 3.8) is 0 Å². The van der Waals surface area contributed by atoms with Crippen molar-refractivity contribution in [1.82, 2.24) is 5.32 Å². The molecule has 3 nitrogen and oxygen atoms in total. The molecule has 2 aliphatic rings. The van der Waals surface area contributed by atoms with Gasteiger partial charge in [0.15, 0.2) is 0 Å². The molecule has 2 atom stereocenters. The van der Waals surface area contributed by atoms with E-state index in [2.05, 4.69) is 23.6 Å². The fourth-order valence-electron chi connectivity index (χ4n) is 3.36. The van der Waals surface area contributed by atoms with Crippen molar-refractivity contribution in [2.75, 3.05) is 5.32 Å². The summed E-state index contributed by atoms with van der Waals surface area (Å²) in [4.78, 5) is 12.3. The molecule has 1 amide bonds. The van der Waals surface area contributed by atoms with Gasteiger partial charge in [-0.05, 0) is 37.3 Å². The molecule has 1 aromatic carbocycles. The second-order valence-electron chi connectivity index (χ2n) is 5.90. The topological polar surface area (TPSA) is 41.1 Å². The van der Waals surface area contributed by atoms with Crippen molar-refractivity contribution in [2.45, 2.75) is 51.1 Å². The Labute approximate surface area is 114 Å². The minimum Gasteiger partial charge on any atom is -0.373 e. The van der Waals surface area contributed by atoms with Gasteiger partial charge in [0.2, 0.25) is 5.91 Å². The molecule has 0 spiro atoms. The van der Waals surface area contributed by atoms with E-state index in [1.165, 1.54) is 31.2 Å². The third kappa shape index (κ3) is 2.60. The lowest BCUT2D eigenvalue weighted by atomic mass is 9.99. The predicted octanol–water partition coefficient (Wildman–Crippen LogP) is 2.72. The van der Waals surface area contributed by atoms with Crippen molar-refractivity contribution in [1.29, 1.82) is 0 Å². The summed E-state index contributed by atoms with van der Waals surface area (Å²) in [5.74, 6) is 0.823. The fraction of sp³-hybridized carbons (Fsp3) is 0.562. The van der Waals surface area contributed by atoms with Crippen LogP contribution >= 0.6 is 0 Å². The van der Waals surface area contributed by atoms with Gasteiger partial charge in [-0.25, -0.2) is 0 Å². The molecule has 2 N–H and O–H groups in total. The zero-order valence-corrected chi connectivity index (χ0v) is 11.5. The number of carbonyl (C=O) groups excluding carboxylic acids is 1. The Kier molecular flexibility index (Phi) is 3.45. The molecule has 3 heteroatoms. The van der Waals surface area contributed by atoms with Gasteiger partial charge in [-0.2, -0.15) is 0 Å². The highest BCUT2D eigenvalue weighted by molar-refractivity contribution is 5.87. The van der Waals surface area contributed by atoms with Crippen molar-refractivity contribution in [3.05, 3.63) is 29.8 Å². The highest BCUT2D eigenvalue weighted by Gasteiger charge is 2.29. The number of anilines is 1. The average molecular weight is 258 g/mol. The number of benzene rings is 1. The van der Waals surface area contributed by atoms with Crippen molar-refractivity contribution >= 4 is 11.6 Å². The maximum absolute atomic E-state index is 12.3. The lowest BCUT2D eigenvalue weighted by Crippen LogP contribution is -2.45. The van der Waals surface area contributed by atoms with E-state index in [4.69, 9.17) is 0 Å². The molecule has 1 aliphatic heterocycles. The molecular formula is C16H22N2O. The van der Waals surface area contributed by atoms with Crippen LogP contribution in [0.5, 0.6) is 0 Å². The summed E-state index contributed by atoms with van der Waals surface area (Å²) >= 11 is 0. The normalized spacial score (nSPS) is 23.7. The quantitative estimate of drug-likeness (QED) is 0.875. The molecule has 19 heavy (non-hydrogen) atoms. The number of para-hydroxylation sites is 1. The zero-order chi connectivity index (χ0) is 13.2. The van der Waals surface area contributed by atoms with Crippen molar-refractivity contribution in [3.8, 4) is 0 Å². The Hall–Kier alpha value is -1.51. The van der Waals surface area contributed by atoms with Crippen LogP contribution in [0.25, 0.3) is 0 Å². The first-order valence-electron chi connectivity index (χ1n) is 7.39. The monoisotopic (exact) mass is 258 g/mol. The molecule has 3 rings (SSSR count). The molecule has 1 aromatic rings. The van der Waals surface area contributed by atoms with Gasteiger partial charge in [0, 0.05) is 18.2 Å². The van der Waals surface area contributed by atoms with E-state index in [1.54, 1.807) is 0 Å². The maximum Gasteiger partial charge on any atom is 0.243 e. The Bertz CT molecular complexity index is 441. The Morgan fingerprint density at radius 2 is 2.05 bits per heavy atom. The van der Waals surface area contributed by atoms with Gasteiger partial charge < -0.3 is 10.6 Å². The molecule has 1 aliphatic carbocycles. The van der Waals surface area contributed by atoms with Gasteiger partial charge in [-0.3, -0.25) is 4.79 Å². The van der Waals surface area contributed by atoms with E-state index < -0.39 is 0 Å². The highest BCUT2D eigenvalue weighted by atomic mass is 16.2. The van der Waals surface area contributed by atoms with Crippen LogP contribution in [-0.4, -0.2) is 18.0 Å². The number of carbonyl (C=O) groups is 1. The SMILES string of the molecule is C[C@H](NC(=O)[C@@H]1Cc2ccccc2N1)C1CCCC1. The number of hydrogen-bond acceptors (Lipinski definition) is 2.